The summed E-state index contributed by atoms with van der Waals surface area (Å²) >= 11 is 1.44. The molecule has 39 heavy (non-hydrogen) atoms. The van der Waals surface area contributed by atoms with E-state index in [1.807, 2.05) is 32.9 Å². The molecule has 0 aliphatic heterocycles. The van der Waals surface area contributed by atoms with Crippen LogP contribution in [0.15, 0.2) is 24.3 Å². The molecule has 1 amide bonds. The average molecular weight is 582 g/mol. The molecule has 3 aromatic rings. The molecule has 0 saturated heterocycles. The van der Waals surface area contributed by atoms with Gasteiger partial charge >= 0.3 is 0 Å². The van der Waals surface area contributed by atoms with E-state index in [1.54, 1.807) is 31.3 Å². The number of rotatable bonds is 15. The Morgan fingerprint density at radius 3 is 1.87 bits per heavy atom. The third-order valence-corrected chi connectivity index (χ3v) is 7.09. The Kier molecular flexibility index (Phi) is 12.9. The second-order valence-electron chi connectivity index (χ2n) is 8.26. The van der Waals surface area contributed by atoms with E-state index in [2.05, 4.69) is 18.7 Å². The summed E-state index contributed by atoms with van der Waals surface area (Å²) in [6, 6.07) is 7.17. The molecule has 0 saturated carbocycles. The zero-order valence-electron chi connectivity index (χ0n) is 23.9. The van der Waals surface area contributed by atoms with Crippen molar-refractivity contribution in [2.45, 2.75) is 34.6 Å². The van der Waals surface area contributed by atoms with E-state index in [1.165, 1.54) is 11.3 Å². The maximum atomic E-state index is 14.1. The van der Waals surface area contributed by atoms with Gasteiger partial charge in [0.1, 0.15) is 0 Å². The molecule has 2 aromatic carbocycles. The normalized spacial score (nSPS) is 10.8. The van der Waals surface area contributed by atoms with Gasteiger partial charge in [0.05, 0.1) is 44.3 Å². The number of carbonyl (C=O) groups excluding carboxylic acids is 1. The lowest BCUT2D eigenvalue weighted by atomic mass is 10.1. The Morgan fingerprint density at radius 2 is 1.36 bits per heavy atom. The Labute approximate surface area is 241 Å². The predicted octanol–water partition coefficient (Wildman–Crippen LogP) is 5.92. The predicted molar refractivity (Wildman–Crippen MR) is 159 cm³/mol. The first-order chi connectivity index (χ1) is 18.4. The first-order valence-electron chi connectivity index (χ1n) is 13.1. The SMILES string of the molecule is CCOc1cc(C(=O)N(CCN(CC)CC)c2nc3cc(OC)c(OC)cc3s2)cc(OCC)c1OCC.Cl. The lowest BCUT2D eigenvalue weighted by molar-refractivity contribution is 0.0982. The van der Waals surface area contributed by atoms with E-state index in [0.29, 0.717) is 72.4 Å². The molecule has 0 aliphatic carbocycles. The van der Waals surface area contributed by atoms with Crippen molar-refractivity contribution in [2.24, 2.45) is 0 Å². The van der Waals surface area contributed by atoms with Gasteiger partial charge in [0.25, 0.3) is 5.91 Å². The molecule has 1 heterocycles. The van der Waals surface area contributed by atoms with Crippen molar-refractivity contribution >= 4 is 45.0 Å². The van der Waals surface area contributed by atoms with Crippen molar-refractivity contribution in [3.63, 3.8) is 0 Å². The van der Waals surface area contributed by atoms with E-state index in [4.69, 9.17) is 28.7 Å². The van der Waals surface area contributed by atoms with Gasteiger partial charge in [-0.25, -0.2) is 4.98 Å². The quantitative estimate of drug-likeness (QED) is 0.219. The van der Waals surface area contributed by atoms with Crippen LogP contribution in [-0.4, -0.2) is 76.0 Å². The largest absolute Gasteiger partial charge is 0.493 e. The molecule has 0 fully saturated rings. The molecular formula is C28H40ClN3O6S. The van der Waals surface area contributed by atoms with Gasteiger partial charge in [-0.15, -0.1) is 12.4 Å². The summed E-state index contributed by atoms with van der Waals surface area (Å²) in [4.78, 5) is 22.9. The third-order valence-electron chi connectivity index (χ3n) is 6.05. The van der Waals surface area contributed by atoms with E-state index in [-0.39, 0.29) is 18.3 Å². The van der Waals surface area contributed by atoms with Gasteiger partial charge in [-0.05, 0) is 46.0 Å². The van der Waals surface area contributed by atoms with Crippen LogP contribution in [0.3, 0.4) is 0 Å². The third kappa shape index (κ3) is 7.58. The van der Waals surface area contributed by atoms with Gasteiger partial charge in [-0.1, -0.05) is 25.2 Å². The number of ether oxygens (including phenoxy) is 5. The number of aromatic nitrogens is 1. The summed E-state index contributed by atoms with van der Waals surface area (Å²) in [6.07, 6.45) is 0. The van der Waals surface area contributed by atoms with Crippen molar-refractivity contribution in [1.29, 1.82) is 0 Å². The van der Waals surface area contributed by atoms with Crippen LogP contribution in [0.1, 0.15) is 45.0 Å². The smallest absolute Gasteiger partial charge is 0.260 e. The van der Waals surface area contributed by atoms with Crippen LogP contribution in [0.25, 0.3) is 10.2 Å². The summed E-state index contributed by atoms with van der Waals surface area (Å²) in [7, 11) is 3.19. The molecule has 3 rings (SSSR count). The molecule has 0 spiro atoms. The van der Waals surface area contributed by atoms with E-state index in [9.17, 15) is 4.79 Å². The van der Waals surface area contributed by atoms with Crippen molar-refractivity contribution in [2.75, 3.05) is 65.1 Å². The van der Waals surface area contributed by atoms with Crippen molar-refractivity contribution in [3.05, 3.63) is 29.8 Å². The van der Waals surface area contributed by atoms with Crippen LogP contribution in [0.4, 0.5) is 5.13 Å². The minimum absolute atomic E-state index is 0. The van der Waals surface area contributed by atoms with Crippen LogP contribution in [0.5, 0.6) is 28.7 Å². The fraction of sp³-hybridized carbons (Fsp3) is 0.500. The van der Waals surface area contributed by atoms with Gasteiger partial charge in [-0.3, -0.25) is 9.69 Å². The fourth-order valence-electron chi connectivity index (χ4n) is 4.09. The number of halogens is 1. The van der Waals surface area contributed by atoms with E-state index >= 15 is 0 Å². The molecule has 216 valence electrons. The minimum atomic E-state index is -0.194. The molecule has 9 nitrogen and oxygen atoms in total. The maximum absolute atomic E-state index is 14.1. The van der Waals surface area contributed by atoms with Gasteiger partial charge in [0.2, 0.25) is 5.75 Å². The number of fused-ring (bicyclic) bond motifs is 1. The highest BCUT2D eigenvalue weighted by Gasteiger charge is 2.26. The van der Waals surface area contributed by atoms with Gasteiger partial charge in [-0.2, -0.15) is 0 Å². The zero-order valence-corrected chi connectivity index (χ0v) is 25.5. The summed E-state index contributed by atoms with van der Waals surface area (Å²) in [6.45, 7) is 14.2. The monoisotopic (exact) mass is 581 g/mol. The number of nitrogens with zero attached hydrogens (tertiary/aromatic N) is 3. The summed E-state index contributed by atoms with van der Waals surface area (Å²) < 4.78 is 29.4. The Balaban J connectivity index is 0.00000533. The lowest BCUT2D eigenvalue weighted by Gasteiger charge is -2.25. The first-order valence-corrected chi connectivity index (χ1v) is 13.9. The Bertz CT molecular complexity index is 1150. The summed E-state index contributed by atoms with van der Waals surface area (Å²) in [5.74, 6) is 2.47. The van der Waals surface area contributed by atoms with Gasteiger partial charge in [0.15, 0.2) is 28.1 Å². The molecule has 11 heteroatoms. The molecule has 0 aliphatic rings. The van der Waals surface area contributed by atoms with Crippen LogP contribution in [0.2, 0.25) is 0 Å². The molecule has 0 N–H and O–H groups in total. The minimum Gasteiger partial charge on any atom is -0.493 e. The number of thiazole rings is 1. The molecule has 1 aromatic heterocycles. The van der Waals surface area contributed by atoms with Gasteiger partial charge in [0, 0.05) is 30.8 Å². The lowest BCUT2D eigenvalue weighted by Crippen LogP contribution is -2.38. The standard InChI is InChI=1S/C28H39N3O6S.ClH/c1-8-30(9-2)13-14-31(28-29-20-17-21(33-6)22(34-7)18-25(20)38-28)27(32)19-15-23(35-10-3)26(37-12-5)24(16-19)36-11-4;/h15-18H,8-14H2,1-7H3;1H. The number of anilines is 1. The highest BCUT2D eigenvalue weighted by atomic mass is 35.5. The topological polar surface area (TPSA) is 82.6 Å². The molecular weight excluding hydrogens is 542 g/mol. The number of benzene rings is 2. The number of hydrogen-bond donors (Lipinski definition) is 0. The van der Waals surface area contributed by atoms with Gasteiger partial charge < -0.3 is 28.6 Å². The highest BCUT2D eigenvalue weighted by Crippen LogP contribution is 2.41. The number of likely N-dealkylation sites (N-methyl/N-ethyl adjacent to an activating group) is 1. The zero-order chi connectivity index (χ0) is 27.7. The van der Waals surface area contributed by atoms with Crippen LogP contribution < -0.4 is 28.6 Å². The Hall–Kier alpha value is -2.95. The first kappa shape index (κ1) is 32.3. The highest BCUT2D eigenvalue weighted by molar-refractivity contribution is 7.22. The number of hydrogen-bond acceptors (Lipinski definition) is 9. The fourth-order valence-corrected chi connectivity index (χ4v) is 5.09. The summed E-state index contributed by atoms with van der Waals surface area (Å²) in [5, 5.41) is 0.595. The van der Waals surface area contributed by atoms with Crippen molar-refractivity contribution in [3.8, 4) is 28.7 Å². The molecule has 0 unspecified atom stereocenters. The second kappa shape index (κ2) is 15.6. The van der Waals surface area contributed by atoms with E-state index < -0.39 is 0 Å². The average Bonchev–Trinajstić information content (AvgIpc) is 3.34. The molecule has 0 bridgehead atoms. The Morgan fingerprint density at radius 1 is 0.795 bits per heavy atom. The molecule has 0 atom stereocenters. The van der Waals surface area contributed by atoms with Crippen molar-refractivity contribution in [1.82, 2.24) is 9.88 Å². The number of methoxy groups -OCH3 is 2. The number of carbonyl (C=O) groups is 1. The van der Waals surface area contributed by atoms with Crippen LogP contribution >= 0.6 is 23.7 Å². The number of amides is 1. The van der Waals surface area contributed by atoms with Crippen molar-refractivity contribution < 1.29 is 28.5 Å². The molecule has 0 radical (unpaired) electrons. The van der Waals surface area contributed by atoms with Crippen LogP contribution in [-0.2, 0) is 0 Å². The summed E-state index contributed by atoms with van der Waals surface area (Å²) in [5.41, 5.74) is 1.18. The second-order valence-corrected chi connectivity index (χ2v) is 9.26. The van der Waals surface area contributed by atoms with Crippen LogP contribution in [0, 0.1) is 0 Å². The maximum Gasteiger partial charge on any atom is 0.260 e. The van der Waals surface area contributed by atoms with E-state index in [0.717, 1.165) is 23.3 Å².